The molecule has 0 spiro atoms. The van der Waals surface area contributed by atoms with Crippen LogP contribution in [-0.4, -0.2) is 73.0 Å². The molecule has 1 aromatic rings. The number of benzene rings is 1. The van der Waals surface area contributed by atoms with Gasteiger partial charge in [0.05, 0.1) is 12.6 Å². The van der Waals surface area contributed by atoms with E-state index in [0.717, 1.165) is 64.1 Å². The summed E-state index contributed by atoms with van der Waals surface area (Å²) in [5.41, 5.74) is 2.35. The molecule has 4 rings (SSSR count). The fourth-order valence-corrected chi connectivity index (χ4v) is 4.16. The zero-order valence-corrected chi connectivity index (χ0v) is 16.2. The molecule has 1 aromatic carbocycles. The van der Waals surface area contributed by atoms with Crippen LogP contribution in [-0.2, 0) is 16.0 Å². The molecule has 2 heterocycles. The smallest absolute Gasteiger partial charge is 0.244 e. The maximum absolute atomic E-state index is 13.2. The minimum Gasteiger partial charge on any atom is -0.352 e. The summed E-state index contributed by atoms with van der Waals surface area (Å²) in [5, 5.41) is 3.05. The second-order valence-electron chi connectivity index (χ2n) is 8.05. The highest BCUT2D eigenvalue weighted by atomic mass is 16.2. The molecule has 0 bridgehead atoms. The average molecular weight is 370 g/mol. The number of aryl methyl sites for hydroxylation is 1. The van der Waals surface area contributed by atoms with E-state index in [1.165, 1.54) is 5.56 Å². The van der Waals surface area contributed by atoms with E-state index in [-0.39, 0.29) is 17.9 Å². The second kappa shape index (κ2) is 7.98. The van der Waals surface area contributed by atoms with Gasteiger partial charge in [0.15, 0.2) is 0 Å². The Labute approximate surface area is 161 Å². The van der Waals surface area contributed by atoms with Gasteiger partial charge in [-0.1, -0.05) is 18.2 Å². The summed E-state index contributed by atoms with van der Waals surface area (Å²) in [6.45, 7) is 6.65. The van der Waals surface area contributed by atoms with Gasteiger partial charge in [-0.15, -0.1) is 0 Å². The van der Waals surface area contributed by atoms with Crippen LogP contribution in [0.5, 0.6) is 0 Å². The first-order valence-electron chi connectivity index (χ1n) is 10.3. The maximum Gasteiger partial charge on any atom is 0.244 e. The van der Waals surface area contributed by atoms with Crippen molar-refractivity contribution in [2.75, 3.05) is 44.2 Å². The Morgan fingerprint density at radius 3 is 2.59 bits per heavy atom. The van der Waals surface area contributed by atoms with Crippen LogP contribution in [0.3, 0.4) is 0 Å². The van der Waals surface area contributed by atoms with Crippen LogP contribution in [0.25, 0.3) is 0 Å². The first-order valence-corrected chi connectivity index (χ1v) is 10.3. The Morgan fingerprint density at radius 2 is 1.85 bits per heavy atom. The third kappa shape index (κ3) is 4.33. The first kappa shape index (κ1) is 18.4. The molecule has 1 atom stereocenters. The lowest BCUT2D eigenvalue weighted by Crippen LogP contribution is -2.56. The molecule has 146 valence electrons. The molecular formula is C21H30N4O2. The first-order chi connectivity index (χ1) is 13.1. The molecule has 2 aliphatic heterocycles. The Kier molecular flexibility index (Phi) is 5.45. The number of fused-ring (bicyclic) bond motifs is 1. The largest absolute Gasteiger partial charge is 0.352 e. The number of hydrogen-bond acceptors (Lipinski definition) is 4. The highest BCUT2D eigenvalue weighted by molar-refractivity contribution is 5.98. The van der Waals surface area contributed by atoms with Crippen LogP contribution in [0.1, 0.15) is 31.7 Å². The fourth-order valence-electron chi connectivity index (χ4n) is 4.16. The number of carbonyl (C=O) groups is 2. The molecule has 1 saturated heterocycles. The van der Waals surface area contributed by atoms with E-state index in [1.54, 1.807) is 0 Å². The lowest BCUT2D eigenvalue weighted by molar-refractivity contribution is -0.126. The van der Waals surface area contributed by atoms with Gasteiger partial charge in [-0.3, -0.25) is 19.4 Å². The van der Waals surface area contributed by atoms with Crippen molar-refractivity contribution in [1.29, 1.82) is 0 Å². The highest BCUT2D eigenvalue weighted by Gasteiger charge is 2.32. The van der Waals surface area contributed by atoms with Crippen LogP contribution >= 0.6 is 0 Å². The van der Waals surface area contributed by atoms with Crippen molar-refractivity contribution in [3.63, 3.8) is 0 Å². The molecule has 6 nitrogen and oxygen atoms in total. The molecular weight excluding hydrogens is 340 g/mol. The molecule has 1 aliphatic carbocycles. The second-order valence-corrected chi connectivity index (χ2v) is 8.05. The lowest BCUT2D eigenvalue weighted by Gasteiger charge is -2.39. The molecule has 0 radical (unpaired) electrons. The normalized spacial score (nSPS) is 22.2. The number of anilines is 1. The molecule has 6 heteroatoms. The van der Waals surface area contributed by atoms with Gasteiger partial charge in [0.1, 0.15) is 0 Å². The van der Waals surface area contributed by atoms with Crippen molar-refractivity contribution < 1.29 is 9.59 Å². The van der Waals surface area contributed by atoms with E-state index in [4.69, 9.17) is 0 Å². The average Bonchev–Trinajstić information content (AvgIpc) is 3.51. The van der Waals surface area contributed by atoms with Crippen LogP contribution in [0.4, 0.5) is 5.69 Å². The van der Waals surface area contributed by atoms with Crippen LogP contribution in [0, 0.1) is 0 Å². The Balaban J connectivity index is 1.31. The van der Waals surface area contributed by atoms with E-state index in [9.17, 15) is 9.59 Å². The van der Waals surface area contributed by atoms with Gasteiger partial charge in [-0.05, 0) is 44.2 Å². The van der Waals surface area contributed by atoms with Crippen molar-refractivity contribution in [3.05, 3.63) is 29.8 Å². The van der Waals surface area contributed by atoms with Gasteiger partial charge < -0.3 is 10.2 Å². The summed E-state index contributed by atoms with van der Waals surface area (Å²) < 4.78 is 0. The number of carbonyl (C=O) groups excluding carboxylic acids is 2. The number of hydrogen-bond donors (Lipinski definition) is 1. The van der Waals surface area contributed by atoms with Crippen LogP contribution in [0.15, 0.2) is 24.3 Å². The van der Waals surface area contributed by atoms with Crippen molar-refractivity contribution in [2.24, 2.45) is 0 Å². The van der Waals surface area contributed by atoms with E-state index in [2.05, 4.69) is 33.3 Å². The monoisotopic (exact) mass is 370 g/mol. The standard InChI is InChI=1S/C21H30N4O2/c1-16(21(27)25-10-4-6-17-5-2-3-7-19(17)25)24-13-11-23(12-14-24)15-20(26)22-18-8-9-18/h2-3,5,7,16,18H,4,6,8-15H2,1H3,(H,22,26). The van der Waals surface area contributed by atoms with Crippen molar-refractivity contribution in [2.45, 2.75) is 44.7 Å². The number of para-hydroxylation sites is 1. The predicted octanol–water partition coefficient (Wildman–Crippen LogP) is 1.25. The van der Waals surface area contributed by atoms with E-state index < -0.39 is 0 Å². The lowest BCUT2D eigenvalue weighted by atomic mass is 10.0. The minimum atomic E-state index is -0.126. The third-order valence-electron chi connectivity index (χ3n) is 6.00. The van der Waals surface area contributed by atoms with Gasteiger partial charge in [0.25, 0.3) is 0 Å². The van der Waals surface area contributed by atoms with Gasteiger partial charge >= 0.3 is 0 Å². The number of nitrogens with zero attached hydrogens (tertiary/aromatic N) is 3. The molecule has 2 fully saturated rings. The van der Waals surface area contributed by atoms with Crippen LogP contribution < -0.4 is 10.2 Å². The summed E-state index contributed by atoms with van der Waals surface area (Å²) in [4.78, 5) is 31.6. The summed E-state index contributed by atoms with van der Waals surface area (Å²) in [6.07, 6.45) is 4.33. The summed E-state index contributed by atoms with van der Waals surface area (Å²) in [7, 11) is 0. The molecule has 1 unspecified atom stereocenters. The van der Waals surface area contributed by atoms with E-state index in [1.807, 2.05) is 17.9 Å². The fraction of sp³-hybridized carbons (Fsp3) is 0.619. The minimum absolute atomic E-state index is 0.126. The topological polar surface area (TPSA) is 55.9 Å². The number of amides is 2. The number of rotatable bonds is 5. The molecule has 27 heavy (non-hydrogen) atoms. The molecule has 3 aliphatic rings. The van der Waals surface area contributed by atoms with E-state index >= 15 is 0 Å². The van der Waals surface area contributed by atoms with Gasteiger partial charge in [-0.2, -0.15) is 0 Å². The zero-order chi connectivity index (χ0) is 18.8. The molecule has 1 saturated carbocycles. The molecule has 1 N–H and O–H groups in total. The summed E-state index contributed by atoms with van der Waals surface area (Å²) in [6, 6.07) is 8.55. The SMILES string of the molecule is CC(C(=O)N1CCCc2ccccc21)N1CCN(CC(=O)NC2CC2)CC1. The third-order valence-corrected chi connectivity index (χ3v) is 6.00. The van der Waals surface area contributed by atoms with Gasteiger partial charge in [0.2, 0.25) is 11.8 Å². The van der Waals surface area contributed by atoms with Crippen molar-refractivity contribution >= 4 is 17.5 Å². The summed E-state index contributed by atoms with van der Waals surface area (Å²) in [5.74, 6) is 0.335. The Morgan fingerprint density at radius 1 is 1.11 bits per heavy atom. The summed E-state index contributed by atoms with van der Waals surface area (Å²) >= 11 is 0. The Hall–Kier alpha value is -1.92. The zero-order valence-electron chi connectivity index (χ0n) is 16.2. The number of piperazine rings is 1. The van der Waals surface area contributed by atoms with Crippen LogP contribution in [0.2, 0.25) is 0 Å². The predicted molar refractivity (Wildman–Crippen MR) is 106 cm³/mol. The van der Waals surface area contributed by atoms with E-state index in [0.29, 0.717) is 12.6 Å². The maximum atomic E-state index is 13.2. The molecule has 0 aromatic heterocycles. The van der Waals surface area contributed by atoms with Gasteiger partial charge in [-0.25, -0.2) is 0 Å². The van der Waals surface area contributed by atoms with Gasteiger partial charge in [0, 0.05) is 44.5 Å². The highest BCUT2D eigenvalue weighted by Crippen LogP contribution is 2.28. The molecule has 2 amide bonds. The van der Waals surface area contributed by atoms with Crippen molar-refractivity contribution in [3.8, 4) is 0 Å². The van der Waals surface area contributed by atoms with Crippen molar-refractivity contribution in [1.82, 2.24) is 15.1 Å². The number of nitrogens with one attached hydrogen (secondary N) is 1. The Bertz CT molecular complexity index is 695. The quantitative estimate of drug-likeness (QED) is 0.848.